The molecule has 0 radical (unpaired) electrons. The van der Waals surface area contributed by atoms with Crippen molar-refractivity contribution in [3.8, 4) is 5.75 Å². The molecule has 0 aliphatic heterocycles. The Labute approximate surface area is 93.3 Å². The summed E-state index contributed by atoms with van der Waals surface area (Å²) in [6, 6.07) is 3.73. The van der Waals surface area contributed by atoms with Gasteiger partial charge in [0.2, 0.25) is 0 Å². The molecular formula is C8H7Br2ClO. The molecule has 1 rings (SSSR count). The van der Waals surface area contributed by atoms with Gasteiger partial charge in [-0.25, -0.2) is 0 Å². The average Bonchev–Trinajstić information content (AvgIpc) is 2.08. The number of halogens is 3. The van der Waals surface area contributed by atoms with Crippen molar-refractivity contribution in [2.45, 2.75) is 5.33 Å². The van der Waals surface area contributed by atoms with Crippen LogP contribution in [0.3, 0.4) is 0 Å². The smallest absolute Gasteiger partial charge is 0.134 e. The molecule has 0 saturated carbocycles. The predicted molar refractivity (Wildman–Crippen MR) is 58.3 cm³/mol. The highest BCUT2D eigenvalue weighted by atomic mass is 79.9. The SMILES string of the molecule is COc1cc(Cl)c(CBr)cc1Br. The molecule has 0 aromatic heterocycles. The highest BCUT2D eigenvalue weighted by Crippen LogP contribution is 2.32. The fourth-order valence-electron chi connectivity index (χ4n) is 0.829. The topological polar surface area (TPSA) is 9.23 Å². The van der Waals surface area contributed by atoms with E-state index >= 15 is 0 Å². The normalized spacial score (nSPS) is 10.0. The molecule has 0 N–H and O–H groups in total. The molecule has 66 valence electrons. The van der Waals surface area contributed by atoms with Gasteiger partial charge in [-0.05, 0) is 27.6 Å². The maximum Gasteiger partial charge on any atom is 0.134 e. The zero-order valence-corrected chi connectivity index (χ0v) is 10.3. The van der Waals surface area contributed by atoms with Gasteiger partial charge in [0.25, 0.3) is 0 Å². The van der Waals surface area contributed by atoms with E-state index in [4.69, 9.17) is 16.3 Å². The lowest BCUT2D eigenvalue weighted by atomic mass is 10.2. The van der Waals surface area contributed by atoms with E-state index in [2.05, 4.69) is 31.9 Å². The number of hydrogen-bond donors (Lipinski definition) is 0. The summed E-state index contributed by atoms with van der Waals surface area (Å²) in [6.07, 6.45) is 0. The van der Waals surface area contributed by atoms with E-state index in [1.54, 1.807) is 13.2 Å². The fourth-order valence-corrected chi connectivity index (χ4v) is 2.23. The zero-order valence-electron chi connectivity index (χ0n) is 6.40. The van der Waals surface area contributed by atoms with Crippen LogP contribution in [0.5, 0.6) is 5.75 Å². The fraction of sp³-hybridized carbons (Fsp3) is 0.250. The van der Waals surface area contributed by atoms with E-state index in [0.717, 1.165) is 21.1 Å². The van der Waals surface area contributed by atoms with Crippen molar-refractivity contribution in [2.24, 2.45) is 0 Å². The number of ether oxygens (including phenoxy) is 1. The number of hydrogen-bond acceptors (Lipinski definition) is 1. The van der Waals surface area contributed by atoms with Crippen molar-refractivity contribution >= 4 is 43.5 Å². The summed E-state index contributed by atoms with van der Waals surface area (Å²) < 4.78 is 6.00. The van der Waals surface area contributed by atoms with Crippen molar-refractivity contribution in [3.05, 3.63) is 27.2 Å². The van der Waals surface area contributed by atoms with Crippen LogP contribution in [-0.4, -0.2) is 7.11 Å². The third kappa shape index (κ3) is 2.15. The molecule has 0 bridgehead atoms. The minimum absolute atomic E-state index is 0.715. The second-order valence-electron chi connectivity index (χ2n) is 2.21. The van der Waals surface area contributed by atoms with Crippen LogP contribution in [0.1, 0.15) is 5.56 Å². The molecule has 0 aliphatic carbocycles. The Bertz CT molecular complexity index is 259. The second kappa shape index (κ2) is 4.49. The Morgan fingerprint density at radius 3 is 2.67 bits per heavy atom. The Balaban J connectivity index is 3.16. The van der Waals surface area contributed by atoms with Crippen molar-refractivity contribution in [1.82, 2.24) is 0 Å². The highest BCUT2D eigenvalue weighted by molar-refractivity contribution is 9.10. The van der Waals surface area contributed by atoms with Gasteiger partial charge in [0.05, 0.1) is 11.6 Å². The van der Waals surface area contributed by atoms with Gasteiger partial charge in [-0.3, -0.25) is 0 Å². The van der Waals surface area contributed by atoms with Gasteiger partial charge >= 0.3 is 0 Å². The van der Waals surface area contributed by atoms with Crippen LogP contribution < -0.4 is 4.74 Å². The van der Waals surface area contributed by atoms with Gasteiger partial charge in [-0.1, -0.05) is 27.5 Å². The summed E-state index contributed by atoms with van der Waals surface area (Å²) >= 11 is 12.7. The molecule has 4 heteroatoms. The predicted octanol–water partition coefficient (Wildman–Crippen LogP) is 4.01. The summed E-state index contributed by atoms with van der Waals surface area (Å²) in [4.78, 5) is 0. The summed E-state index contributed by atoms with van der Waals surface area (Å²) in [7, 11) is 1.62. The van der Waals surface area contributed by atoms with Crippen LogP contribution in [0.25, 0.3) is 0 Å². The number of benzene rings is 1. The van der Waals surface area contributed by atoms with Crippen LogP contribution in [-0.2, 0) is 5.33 Å². The quantitative estimate of drug-likeness (QED) is 0.750. The molecule has 0 saturated heterocycles. The molecule has 0 unspecified atom stereocenters. The Morgan fingerprint density at radius 1 is 1.50 bits per heavy atom. The molecule has 1 aromatic carbocycles. The van der Waals surface area contributed by atoms with E-state index in [1.165, 1.54) is 0 Å². The van der Waals surface area contributed by atoms with Crippen LogP contribution in [0.15, 0.2) is 16.6 Å². The van der Waals surface area contributed by atoms with E-state index in [0.29, 0.717) is 5.02 Å². The van der Waals surface area contributed by atoms with E-state index in [1.807, 2.05) is 6.07 Å². The Hall–Kier alpha value is 0.270. The summed E-state index contributed by atoms with van der Waals surface area (Å²) in [6.45, 7) is 0. The summed E-state index contributed by atoms with van der Waals surface area (Å²) in [5, 5.41) is 1.46. The maximum atomic E-state index is 5.95. The van der Waals surface area contributed by atoms with Crippen molar-refractivity contribution in [2.75, 3.05) is 7.11 Å². The van der Waals surface area contributed by atoms with Crippen LogP contribution in [0, 0.1) is 0 Å². The average molecular weight is 314 g/mol. The van der Waals surface area contributed by atoms with Gasteiger partial charge < -0.3 is 4.74 Å². The number of rotatable bonds is 2. The van der Waals surface area contributed by atoms with Crippen LogP contribution >= 0.6 is 43.5 Å². The van der Waals surface area contributed by atoms with Gasteiger partial charge in [-0.15, -0.1) is 0 Å². The van der Waals surface area contributed by atoms with Crippen molar-refractivity contribution in [1.29, 1.82) is 0 Å². The van der Waals surface area contributed by atoms with E-state index < -0.39 is 0 Å². The van der Waals surface area contributed by atoms with Gasteiger partial charge in [0.15, 0.2) is 0 Å². The first kappa shape index (κ1) is 10.4. The first-order chi connectivity index (χ1) is 5.69. The molecular weight excluding hydrogens is 307 g/mol. The number of methoxy groups -OCH3 is 1. The van der Waals surface area contributed by atoms with Gasteiger partial charge in [0, 0.05) is 16.4 Å². The first-order valence-electron chi connectivity index (χ1n) is 3.27. The standard InChI is InChI=1S/C8H7Br2ClO/c1-12-8-3-7(11)5(4-9)2-6(8)10/h2-3H,4H2,1H3. The Morgan fingerprint density at radius 2 is 2.17 bits per heavy atom. The molecule has 1 aromatic rings. The largest absolute Gasteiger partial charge is 0.496 e. The monoisotopic (exact) mass is 312 g/mol. The van der Waals surface area contributed by atoms with Crippen LogP contribution in [0.4, 0.5) is 0 Å². The number of alkyl halides is 1. The lowest BCUT2D eigenvalue weighted by molar-refractivity contribution is 0.412. The molecule has 0 fully saturated rings. The molecule has 12 heavy (non-hydrogen) atoms. The molecule has 0 aliphatic rings. The lowest BCUT2D eigenvalue weighted by Crippen LogP contribution is -1.87. The first-order valence-corrected chi connectivity index (χ1v) is 5.56. The second-order valence-corrected chi connectivity index (χ2v) is 4.03. The molecule has 0 heterocycles. The molecule has 1 nitrogen and oxygen atoms in total. The minimum Gasteiger partial charge on any atom is -0.496 e. The van der Waals surface area contributed by atoms with E-state index in [-0.39, 0.29) is 0 Å². The Kier molecular flexibility index (Phi) is 3.87. The minimum atomic E-state index is 0.715. The third-order valence-corrected chi connectivity index (χ3v) is 3.04. The maximum absolute atomic E-state index is 5.95. The molecule has 0 amide bonds. The summed E-state index contributed by atoms with van der Waals surface area (Å²) in [5.41, 5.74) is 1.05. The highest BCUT2D eigenvalue weighted by Gasteiger charge is 2.05. The zero-order chi connectivity index (χ0) is 9.14. The van der Waals surface area contributed by atoms with Gasteiger partial charge in [0.1, 0.15) is 5.75 Å². The molecule has 0 spiro atoms. The van der Waals surface area contributed by atoms with Crippen molar-refractivity contribution in [3.63, 3.8) is 0 Å². The lowest BCUT2D eigenvalue weighted by Gasteiger charge is -2.06. The third-order valence-electron chi connectivity index (χ3n) is 1.46. The molecule has 0 atom stereocenters. The van der Waals surface area contributed by atoms with Crippen molar-refractivity contribution < 1.29 is 4.74 Å². The van der Waals surface area contributed by atoms with Crippen LogP contribution in [0.2, 0.25) is 5.02 Å². The van der Waals surface area contributed by atoms with Gasteiger partial charge in [-0.2, -0.15) is 0 Å². The summed E-state index contributed by atoms with van der Waals surface area (Å²) in [5.74, 6) is 0.754. The van der Waals surface area contributed by atoms with E-state index in [9.17, 15) is 0 Å².